The Hall–Kier alpha value is -3.01. The zero-order valence-corrected chi connectivity index (χ0v) is 25.8. The standard InChI is InChI=1S/C32H36F3NO.CH5NS.CH2O2/c1-36-18-4-9-29(21-36)28-8-3-7-27(20-28)25-12-10-24(11-13-25)26-6-2-5-23(19-26)22-37-31-16-14-30(15-17-31)32(33,34)35;1-2-3;2-1-3/h3,7-8,10-17,20,23,26,29H,2,4-6,9,18-19,21-22H2,1H3;2-3H,1H3;1H,(H,2,3)/t23?,26?,29-;;/m0../s1. The van der Waals surface area contributed by atoms with Crippen molar-refractivity contribution in [2.75, 3.05) is 33.8 Å². The number of nitrogens with one attached hydrogen (secondary N) is 1. The van der Waals surface area contributed by atoms with Crippen LogP contribution < -0.4 is 9.46 Å². The van der Waals surface area contributed by atoms with Gasteiger partial charge in [0.05, 0.1) is 12.2 Å². The Morgan fingerprint density at radius 3 is 2.23 bits per heavy atom. The van der Waals surface area contributed by atoms with E-state index in [-0.39, 0.29) is 6.47 Å². The van der Waals surface area contributed by atoms with Gasteiger partial charge in [0, 0.05) is 6.54 Å². The molecule has 1 saturated carbocycles. The van der Waals surface area contributed by atoms with Gasteiger partial charge in [-0.15, -0.1) is 0 Å². The molecule has 9 heteroatoms. The summed E-state index contributed by atoms with van der Waals surface area (Å²) in [6.45, 7) is 2.62. The van der Waals surface area contributed by atoms with Crippen LogP contribution in [0.3, 0.4) is 0 Å². The SMILES string of the molecule is CN1CCC[C@H](c2cccc(-c3ccc(C4CCCC(COc5ccc(C(F)(F)F)cc5)C4)cc3)c2)C1.CNS.O=CO. The molecule has 0 spiro atoms. The molecule has 0 aromatic heterocycles. The maximum atomic E-state index is 12.8. The predicted molar refractivity (Wildman–Crippen MR) is 170 cm³/mol. The summed E-state index contributed by atoms with van der Waals surface area (Å²) >= 11 is 3.54. The molecular formula is C34H43F3N2O3S. The van der Waals surface area contributed by atoms with E-state index in [9.17, 15) is 13.2 Å². The van der Waals surface area contributed by atoms with Crippen LogP contribution in [0, 0.1) is 5.92 Å². The van der Waals surface area contributed by atoms with Crippen molar-refractivity contribution in [3.63, 3.8) is 0 Å². The van der Waals surface area contributed by atoms with Gasteiger partial charge in [-0.1, -0.05) is 67.8 Å². The zero-order chi connectivity index (χ0) is 31.2. The lowest BCUT2D eigenvalue weighted by Crippen LogP contribution is -2.30. The number of piperidine rings is 1. The lowest BCUT2D eigenvalue weighted by molar-refractivity contribution is -0.137. The molecule has 234 valence electrons. The Balaban J connectivity index is 0.000000780. The van der Waals surface area contributed by atoms with Gasteiger partial charge in [0.25, 0.3) is 6.47 Å². The minimum absolute atomic E-state index is 0.250. The van der Waals surface area contributed by atoms with E-state index < -0.39 is 11.7 Å². The van der Waals surface area contributed by atoms with Gasteiger partial charge in [-0.2, -0.15) is 13.2 Å². The molecule has 1 aliphatic heterocycles. The number of alkyl halides is 3. The van der Waals surface area contributed by atoms with Crippen LogP contribution in [0.4, 0.5) is 13.2 Å². The van der Waals surface area contributed by atoms with E-state index in [1.807, 2.05) is 0 Å². The van der Waals surface area contributed by atoms with Crippen LogP contribution in [0.2, 0.25) is 0 Å². The second-order valence-electron chi connectivity index (χ2n) is 11.2. The van der Waals surface area contributed by atoms with Gasteiger partial charge in [0.15, 0.2) is 0 Å². The lowest BCUT2D eigenvalue weighted by atomic mass is 9.78. The molecular weight excluding hydrogens is 573 g/mol. The maximum Gasteiger partial charge on any atom is 0.416 e. The third-order valence-corrected chi connectivity index (χ3v) is 8.15. The van der Waals surface area contributed by atoms with Crippen molar-refractivity contribution in [3.05, 3.63) is 89.5 Å². The van der Waals surface area contributed by atoms with Gasteiger partial charge in [-0.3, -0.25) is 9.52 Å². The summed E-state index contributed by atoms with van der Waals surface area (Å²) < 4.78 is 46.7. The number of thiol groups is 1. The Labute approximate surface area is 259 Å². The van der Waals surface area contributed by atoms with Crippen molar-refractivity contribution in [3.8, 4) is 16.9 Å². The lowest BCUT2D eigenvalue weighted by Gasteiger charge is -2.30. The molecule has 3 aromatic rings. The number of hydrogen-bond acceptors (Lipinski definition) is 5. The summed E-state index contributed by atoms with van der Waals surface area (Å²) in [6, 6.07) is 23.1. The molecule has 0 bridgehead atoms. The number of carboxylic acid groups (broad SMARTS) is 1. The first-order valence-corrected chi connectivity index (χ1v) is 15.2. The molecule has 1 heterocycles. The average molecular weight is 617 g/mol. The normalized spacial score (nSPS) is 20.6. The van der Waals surface area contributed by atoms with Crippen LogP contribution in [0.1, 0.15) is 67.1 Å². The predicted octanol–water partition coefficient (Wildman–Crippen LogP) is 8.29. The molecule has 0 radical (unpaired) electrons. The van der Waals surface area contributed by atoms with Crippen molar-refractivity contribution in [2.24, 2.45) is 5.92 Å². The summed E-state index contributed by atoms with van der Waals surface area (Å²) in [6.07, 6.45) is 2.66. The third kappa shape index (κ3) is 10.9. The first-order chi connectivity index (χ1) is 20.7. The van der Waals surface area contributed by atoms with Gasteiger partial charge in [0.2, 0.25) is 0 Å². The number of likely N-dealkylation sites (tertiary alicyclic amines) is 1. The van der Waals surface area contributed by atoms with E-state index in [1.54, 1.807) is 7.05 Å². The molecule has 5 rings (SSSR count). The fourth-order valence-electron chi connectivity index (χ4n) is 6.06. The number of rotatable bonds is 6. The molecule has 5 nitrogen and oxygen atoms in total. The van der Waals surface area contributed by atoms with Crippen LogP contribution in [-0.4, -0.2) is 50.3 Å². The van der Waals surface area contributed by atoms with Gasteiger partial charge >= 0.3 is 6.18 Å². The molecule has 0 amide bonds. The number of nitrogens with zero attached hydrogens (tertiary/aromatic N) is 1. The maximum absolute atomic E-state index is 12.8. The summed E-state index contributed by atoms with van der Waals surface area (Å²) in [4.78, 5) is 10.8. The minimum atomic E-state index is -4.32. The summed E-state index contributed by atoms with van der Waals surface area (Å²) in [7, 11) is 3.95. The van der Waals surface area contributed by atoms with Crippen molar-refractivity contribution < 1.29 is 27.8 Å². The largest absolute Gasteiger partial charge is 0.493 e. The summed E-state index contributed by atoms with van der Waals surface area (Å²) in [5, 5.41) is 6.89. The molecule has 3 atom stereocenters. The van der Waals surface area contributed by atoms with Gasteiger partial charge in [0.1, 0.15) is 5.75 Å². The fourth-order valence-corrected chi connectivity index (χ4v) is 6.06. The average Bonchev–Trinajstić information content (AvgIpc) is 3.01. The number of halogens is 3. The van der Waals surface area contributed by atoms with Crippen LogP contribution in [0.5, 0.6) is 5.75 Å². The third-order valence-electron chi connectivity index (χ3n) is 8.15. The van der Waals surface area contributed by atoms with Gasteiger partial charge in [-0.05, 0) is 117 Å². The number of carbonyl (C=O) groups is 1. The van der Waals surface area contributed by atoms with Gasteiger partial charge in [-0.25, -0.2) is 0 Å². The molecule has 2 unspecified atom stereocenters. The monoisotopic (exact) mass is 616 g/mol. The van der Waals surface area contributed by atoms with Crippen molar-refractivity contribution in [2.45, 2.75) is 56.5 Å². The Bertz CT molecular complexity index is 1240. The van der Waals surface area contributed by atoms with Crippen LogP contribution >= 0.6 is 12.8 Å². The summed E-state index contributed by atoms with van der Waals surface area (Å²) in [5.74, 6) is 2.02. The van der Waals surface area contributed by atoms with Crippen LogP contribution in [0.25, 0.3) is 11.1 Å². The Kier molecular flexibility index (Phi) is 13.9. The Morgan fingerprint density at radius 1 is 0.953 bits per heavy atom. The van der Waals surface area contributed by atoms with E-state index in [2.05, 4.69) is 78.0 Å². The van der Waals surface area contributed by atoms with Crippen LogP contribution in [0.15, 0.2) is 72.8 Å². The molecule has 2 aliphatic rings. The minimum Gasteiger partial charge on any atom is -0.493 e. The highest BCUT2D eigenvalue weighted by Gasteiger charge is 2.30. The highest BCUT2D eigenvalue weighted by molar-refractivity contribution is 7.78. The second kappa shape index (κ2) is 17.3. The Morgan fingerprint density at radius 2 is 1.60 bits per heavy atom. The molecule has 1 saturated heterocycles. The van der Waals surface area contributed by atoms with Crippen molar-refractivity contribution in [1.82, 2.24) is 9.62 Å². The number of likely N-dealkylation sites (N-methyl/N-ethyl adjacent to an activating group) is 1. The molecule has 2 fully saturated rings. The second-order valence-corrected chi connectivity index (χ2v) is 11.7. The highest BCUT2D eigenvalue weighted by atomic mass is 32.1. The molecule has 43 heavy (non-hydrogen) atoms. The quantitative estimate of drug-likeness (QED) is 0.192. The van der Waals surface area contributed by atoms with Crippen molar-refractivity contribution in [1.29, 1.82) is 0 Å². The topological polar surface area (TPSA) is 61.8 Å². The number of benzene rings is 3. The fraction of sp³-hybridized carbons (Fsp3) is 0.441. The number of hydrogen-bond donors (Lipinski definition) is 3. The van der Waals surface area contributed by atoms with E-state index in [1.165, 1.54) is 60.2 Å². The first kappa shape index (κ1) is 34.5. The van der Waals surface area contributed by atoms with Gasteiger partial charge < -0.3 is 14.7 Å². The van der Waals surface area contributed by atoms with E-state index >= 15 is 0 Å². The van der Waals surface area contributed by atoms with E-state index in [4.69, 9.17) is 14.6 Å². The van der Waals surface area contributed by atoms with Crippen LogP contribution in [-0.2, 0) is 11.0 Å². The van der Waals surface area contributed by atoms with Crippen molar-refractivity contribution >= 4 is 19.3 Å². The zero-order valence-electron chi connectivity index (χ0n) is 24.9. The molecule has 3 aromatic carbocycles. The first-order valence-electron chi connectivity index (χ1n) is 14.8. The highest BCUT2D eigenvalue weighted by Crippen LogP contribution is 2.38. The summed E-state index contributed by atoms with van der Waals surface area (Å²) in [5.41, 5.74) is 4.70. The molecule has 2 N–H and O–H groups in total. The van der Waals surface area contributed by atoms with E-state index in [0.29, 0.717) is 30.1 Å². The molecule has 1 aliphatic carbocycles. The smallest absolute Gasteiger partial charge is 0.416 e. The number of ether oxygens (including phenoxy) is 1. The van der Waals surface area contributed by atoms with E-state index in [0.717, 1.165) is 37.9 Å².